The number of halogens is 1. The number of nitrogens with zero attached hydrogens (tertiary/aromatic N) is 1. The second-order valence-corrected chi connectivity index (χ2v) is 6.32. The molecule has 1 aliphatic rings. The molecule has 1 unspecified atom stereocenters. The van der Waals surface area contributed by atoms with E-state index < -0.39 is 12.1 Å². The van der Waals surface area contributed by atoms with Gasteiger partial charge in [0.15, 0.2) is 6.10 Å². The molecule has 1 aliphatic heterocycles. The van der Waals surface area contributed by atoms with E-state index in [9.17, 15) is 18.8 Å². The molecule has 0 aromatic heterocycles. The van der Waals surface area contributed by atoms with E-state index in [1.165, 1.54) is 43.3 Å². The lowest BCUT2D eigenvalue weighted by Crippen LogP contribution is -2.45. The Morgan fingerprint density at radius 2 is 1.85 bits per heavy atom. The van der Waals surface area contributed by atoms with Gasteiger partial charge < -0.3 is 14.4 Å². The van der Waals surface area contributed by atoms with Gasteiger partial charge in [-0.2, -0.15) is 0 Å². The van der Waals surface area contributed by atoms with Crippen molar-refractivity contribution >= 4 is 23.9 Å². The maximum Gasteiger partial charge on any atom is 0.331 e. The van der Waals surface area contributed by atoms with Gasteiger partial charge in [0.2, 0.25) is 0 Å². The van der Waals surface area contributed by atoms with Crippen molar-refractivity contribution in [3.05, 3.63) is 41.7 Å². The summed E-state index contributed by atoms with van der Waals surface area (Å²) >= 11 is 0. The van der Waals surface area contributed by atoms with Gasteiger partial charge in [0.25, 0.3) is 5.91 Å². The highest BCUT2D eigenvalue weighted by Gasteiger charge is 2.31. The van der Waals surface area contributed by atoms with Crippen molar-refractivity contribution in [3.8, 4) is 0 Å². The van der Waals surface area contributed by atoms with Crippen LogP contribution in [0.25, 0.3) is 6.08 Å². The van der Waals surface area contributed by atoms with E-state index in [4.69, 9.17) is 9.47 Å². The van der Waals surface area contributed by atoms with E-state index in [-0.39, 0.29) is 23.6 Å². The van der Waals surface area contributed by atoms with Crippen molar-refractivity contribution in [1.82, 2.24) is 4.90 Å². The lowest BCUT2D eigenvalue weighted by atomic mass is 9.97. The molecule has 0 bridgehead atoms. The Hall–Kier alpha value is -2.70. The molecule has 6 nitrogen and oxygen atoms in total. The quantitative estimate of drug-likeness (QED) is 0.563. The van der Waals surface area contributed by atoms with Crippen molar-refractivity contribution in [2.45, 2.75) is 32.8 Å². The number of amides is 1. The molecule has 0 saturated carbocycles. The van der Waals surface area contributed by atoms with Crippen molar-refractivity contribution in [1.29, 1.82) is 0 Å². The van der Waals surface area contributed by atoms with Crippen molar-refractivity contribution in [2.24, 2.45) is 5.92 Å². The number of benzene rings is 1. The van der Waals surface area contributed by atoms with E-state index >= 15 is 0 Å². The predicted octanol–water partition coefficient (Wildman–Crippen LogP) is 2.57. The molecular formula is C20H24FNO5. The Bertz CT molecular complexity index is 693. The second-order valence-electron chi connectivity index (χ2n) is 6.32. The molecule has 0 radical (unpaired) electrons. The van der Waals surface area contributed by atoms with Gasteiger partial charge in [0.05, 0.1) is 12.5 Å². The standard InChI is InChI=1S/C20H24FNO5/c1-3-26-20(25)16-10-12-22(13-11-16)19(24)14(2)27-18(23)9-6-15-4-7-17(21)8-5-15/h4-9,14,16H,3,10-13H2,1-2H3/b9-6+. The first kappa shape index (κ1) is 20.6. The summed E-state index contributed by atoms with van der Waals surface area (Å²) in [5, 5.41) is 0. The number of rotatable bonds is 6. The first-order valence-corrected chi connectivity index (χ1v) is 9.00. The summed E-state index contributed by atoms with van der Waals surface area (Å²) in [6, 6.07) is 5.64. The fourth-order valence-electron chi connectivity index (χ4n) is 2.85. The van der Waals surface area contributed by atoms with Gasteiger partial charge in [-0.1, -0.05) is 12.1 Å². The Kier molecular flexibility index (Phi) is 7.52. The summed E-state index contributed by atoms with van der Waals surface area (Å²) in [4.78, 5) is 37.6. The molecule has 7 heteroatoms. The Labute approximate surface area is 157 Å². The van der Waals surface area contributed by atoms with E-state index in [0.29, 0.717) is 38.1 Å². The number of ether oxygens (including phenoxy) is 2. The van der Waals surface area contributed by atoms with Crippen molar-refractivity contribution < 1.29 is 28.2 Å². The summed E-state index contributed by atoms with van der Waals surface area (Å²) in [6.07, 6.45) is 2.84. The summed E-state index contributed by atoms with van der Waals surface area (Å²) in [5.41, 5.74) is 0.647. The van der Waals surface area contributed by atoms with Crippen LogP contribution in [0.15, 0.2) is 30.3 Å². The van der Waals surface area contributed by atoms with E-state index in [1.807, 2.05) is 0 Å². The molecule has 0 spiro atoms. The van der Waals surface area contributed by atoms with Crippen LogP contribution in [0.4, 0.5) is 4.39 Å². The summed E-state index contributed by atoms with van der Waals surface area (Å²) < 4.78 is 23.0. The number of carbonyl (C=O) groups is 3. The maximum absolute atomic E-state index is 12.8. The topological polar surface area (TPSA) is 72.9 Å². The zero-order chi connectivity index (χ0) is 19.8. The van der Waals surface area contributed by atoms with Crippen LogP contribution < -0.4 is 0 Å². The first-order valence-electron chi connectivity index (χ1n) is 9.00. The highest BCUT2D eigenvalue weighted by atomic mass is 19.1. The van der Waals surface area contributed by atoms with Crippen LogP contribution >= 0.6 is 0 Å². The van der Waals surface area contributed by atoms with E-state index in [0.717, 1.165) is 0 Å². The van der Waals surface area contributed by atoms with Gasteiger partial charge in [-0.3, -0.25) is 9.59 Å². The van der Waals surface area contributed by atoms with Crippen LogP contribution in [0.5, 0.6) is 0 Å². The molecule has 27 heavy (non-hydrogen) atoms. The molecule has 1 fully saturated rings. The highest BCUT2D eigenvalue weighted by Crippen LogP contribution is 2.19. The van der Waals surface area contributed by atoms with Crippen LogP contribution in [0.3, 0.4) is 0 Å². The Morgan fingerprint density at radius 1 is 1.22 bits per heavy atom. The molecule has 146 valence electrons. The molecule has 0 N–H and O–H groups in total. The van der Waals surface area contributed by atoms with Crippen LogP contribution in [0.1, 0.15) is 32.3 Å². The number of hydrogen-bond acceptors (Lipinski definition) is 5. The average Bonchev–Trinajstić information content (AvgIpc) is 2.67. The minimum absolute atomic E-state index is 0.189. The van der Waals surface area contributed by atoms with Crippen LogP contribution in [-0.4, -0.2) is 48.5 Å². The fraction of sp³-hybridized carbons (Fsp3) is 0.450. The number of carbonyl (C=O) groups excluding carboxylic acids is 3. The van der Waals surface area contributed by atoms with Crippen LogP contribution in [0.2, 0.25) is 0 Å². The molecular weight excluding hydrogens is 353 g/mol. The van der Waals surface area contributed by atoms with Crippen molar-refractivity contribution in [3.63, 3.8) is 0 Å². The Balaban J connectivity index is 1.80. The molecule has 1 aromatic rings. The van der Waals surface area contributed by atoms with Gasteiger partial charge in [-0.25, -0.2) is 9.18 Å². The minimum atomic E-state index is -0.922. The molecule has 1 heterocycles. The van der Waals surface area contributed by atoms with E-state index in [1.54, 1.807) is 11.8 Å². The molecule has 1 aromatic carbocycles. The fourth-order valence-corrected chi connectivity index (χ4v) is 2.85. The number of hydrogen-bond donors (Lipinski definition) is 0. The molecule has 0 aliphatic carbocycles. The summed E-state index contributed by atoms with van der Waals surface area (Å²) in [7, 11) is 0. The van der Waals surface area contributed by atoms with Gasteiger partial charge in [-0.15, -0.1) is 0 Å². The smallest absolute Gasteiger partial charge is 0.331 e. The minimum Gasteiger partial charge on any atom is -0.466 e. The highest BCUT2D eigenvalue weighted by molar-refractivity contribution is 5.90. The Morgan fingerprint density at radius 3 is 2.44 bits per heavy atom. The second kappa shape index (κ2) is 9.85. The van der Waals surface area contributed by atoms with Gasteiger partial charge in [-0.05, 0) is 50.5 Å². The van der Waals surface area contributed by atoms with Crippen molar-refractivity contribution in [2.75, 3.05) is 19.7 Å². The summed E-state index contributed by atoms with van der Waals surface area (Å²) in [5.74, 6) is -1.72. The third kappa shape index (κ3) is 6.20. The number of piperidine rings is 1. The van der Waals surface area contributed by atoms with Gasteiger partial charge in [0.1, 0.15) is 5.82 Å². The maximum atomic E-state index is 12.8. The molecule has 1 amide bonds. The third-order valence-electron chi connectivity index (χ3n) is 4.35. The van der Waals surface area contributed by atoms with Gasteiger partial charge in [0, 0.05) is 19.2 Å². The number of esters is 2. The lowest BCUT2D eigenvalue weighted by Gasteiger charge is -2.32. The van der Waals surface area contributed by atoms with E-state index in [2.05, 4.69) is 0 Å². The first-order chi connectivity index (χ1) is 12.9. The normalized spacial score (nSPS) is 16.2. The van der Waals surface area contributed by atoms with Gasteiger partial charge >= 0.3 is 11.9 Å². The third-order valence-corrected chi connectivity index (χ3v) is 4.35. The summed E-state index contributed by atoms with van der Waals surface area (Å²) in [6.45, 7) is 4.47. The largest absolute Gasteiger partial charge is 0.466 e. The SMILES string of the molecule is CCOC(=O)C1CCN(C(=O)C(C)OC(=O)/C=C/c2ccc(F)cc2)CC1. The predicted molar refractivity (Wildman–Crippen MR) is 96.9 cm³/mol. The van der Waals surface area contributed by atoms with Crippen LogP contribution in [-0.2, 0) is 23.9 Å². The molecule has 1 atom stereocenters. The monoisotopic (exact) mass is 377 g/mol. The lowest BCUT2D eigenvalue weighted by molar-refractivity contribution is -0.157. The number of likely N-dealkylation sites (tertiary alicyclic amines) is 1. The molecule has 2 rings (SSSR count). The average molecular weight is 377 g/mol. The zero-order valence-corrected chi connectivity index (χ0v) is 15.5. The molecule has 1 saturated heterocycles. The van der Waals surface area contributed by atoms with Crippen LogP contribution in [0, 0.1) is 11.7 Å². The zero-order valence-electron chi connectivity index (χ0n) is 15.5.